The van der Waals surface area contributed by atoms with E-state index in [-0.39, 0.29) is 5.78 Å². The van der Waals surface area contributed by atoms with E-state index in [0.29, 0.717) is 11.3 Å². The van der Waals surface area contributed by atoms with Crippen molar-refractivity contribution in [2.75, 3.05) is 7.11 Å². The molecular formula is C10H9O2. The topological polar surface area (TPSA) is 26.3 Å². The Morgan fingerprint density at radius 1 is 1.50 bits per heavy atom. The lowest BCUT2D eigenvalue weighted by molar-refractivity contribution is 0.104. The van der Waals surface area contributed by atoms with Gasteiger partial charge in [-0.15, -0.1) is 0 Å². The third-order valence-electron chi connectivity index (χ3n) is 1.52. The SMILES string of the molecule is [CH]=CC(=O)c1ccccc1OC. The number of hydrogen-bond acceptors (Lipinski definition) is 2. The maximum atomic E-state index is 11.1. The van der Waals surface area contributed by atoms with E-state index < -0.39 is 0 Å². The Kier molecular flexibility index (Phi) is 2.64. The van der Waals surface area contributed by atoms with Crippen molar-refractivity contribution in [2.24, 2.45) is 0 Å². The summed E-state index contributed by atoms with van der Waals surface area (Å²) in [7, 11) is 1.52. The summed E-state index contributed by atoms with van der Waals surface area (Å²) in [5.74, 6) is 0.316. The van der Waals surface area contributed by atoms with Gasteiger partial charge in [0.15, 0.2) is 5.78 Å². The van der Waals surface area contributed by atoms with Gasteiger partial charge >= 0.3 is 0 Å². The number of rotatable bonds is 3. The number of hydrogen-bond donors (Lipinski definition) is 0. The van der Waals surface area contributed by atoms with E-state index in [1.54, 1.807) is 24.3 Å². The van der Waals surface area contributed by atoms with Crippen LogP contribution in [0.5, 0.6) is 5.75 Å². The van der Waals surface area contributed by atoms with Crippen molar-refractivity contribution in [3.63, 3.8) is 0 Å². The Morgan fingerprint density at radius 3 is 2.75 bits per heavy atom. The highest BCUT2D eigenvalue weighted by atomic mass is 16.5. The molecule has 0 atom stereocenters. The number of para-hydroxylation sites is 1. The van der Waals surface area contributed by atoms with Gasteiger partial charge in [-0.05, 0) is 18.2 Å². The van der Waals surface area contributed by atoms with Gasteiger partial charge in [-0.25, -0.2) is 0 Å². The Bertz CT molecular complexity index is 302. The molecule has 0 amide bonds. The second-order valence-corrected chi connectivity index (χ2v) is 2.23. The molecule has 0 unspecified atom stereocenters. The summed E-state index contributed by atoms with van der Waals surface area (Å²) in [6, 6.07) is 6.95. The molecule has 0 saturated carbocycles. The van der Waals surface area contributed by atoms with Gasteiger partial charge in [0, 0.05) is 0 Å². The number of carbonyl (C=O) groups is 1. The van der Waals surface area contributed by atoms with Crippen molar-refractivity contribution in [2.45, 2.75) is 0 Å². The standard InChI is InChI=1S/C10H9O2/c1-3-9(11)8-6-4-5-7-10(8)12-2/h1,3-7H,2H3. The van der Waals surface area contributed by atoms with Crippen LogP contribution in [0.3, 0.4) is 0 Å². The zero-order chi connectivity index (χ0) is 8.97. The molecule has 1 aromatic carbocycles. The lowest BCUT2D eigenvalue weighted by atomic mass is 10.1. The van der Waals surface area contributed by atoms with Crippen LogP contribution in [0, 0.1) is 6.58 Å². The van der Waals surface area contributed by atoms with Crippen molar-refractivity contribution in [1.82, 2.24) is 0 Å². The number of ether oxygens (including phenoxy) is 1. The Labute approximate surface area is 71.5 Å². The minimum atomic E-state index is -0.229. The highest BCUT2D eigenvalue weighted by molar-refractivity contribution is 6.05. The van der Waals surface area contributed by atoms with Gasteiger partial charge in [0.1, 0.15) is 5.75 Å². The van der Waals surface area contributed by atoms with Gasteiger partial charge in [-0.3, -0.25) is 4.79 Å². The number of benzene rings is 1. The van der Waals surface area contributed by atoms with E-state index in [9.17, 15) is 4.79 Å². The first-order valence-electron chi connectivity index (χ1n) is 3.52. The van der Waals surface area contributed by atoms with Crippen LogP contribution < -0.4 is 4.74 Å². The van der Waals surface area contributed by atoms with Crippen molar-refractivity contribution < 1.29 is 9.53 Å². The lowest BCUT2D eigenvalue weighted by Gasteiger charge is -2.03. The van der Waals surface area contributed by atoms with Crippen LogP contribution in [-0.2, 0) is 0 Å². The second-order valence-electron chi connectivity index (χ2n) is 2.23. The molecule has 0 N–H and O–H groups in total. The average Bonchev–Trinajstić information content (AvgIpc) is 2.16. The molecule has 0 fully saturated rings. The first kappa shape index (κ1) is 8.53. The molecule has 0 heterocycles. The van der Waals surface area contributed by atoms with Crippen LogP contribution in [-0.4, -0.2) is 12.9 Å². The van der Waals surface area contributed by atoms with Crippen LogP contribution in [0.15, 0.2) is 30.3 Å². The molecule has 1 radical (unpaired) electrons. The first-order valence-corrected chi connectivity index (χ1v) is 3.52. The fourth-order valence-electron chi connectivity index (χ4n) is 0.938. The van der Waals surface area contributed by atoms with Gasteiger partial charge in [-0.2, -0.15) is 0 Å². The minimum Gasteiger partial charge on any atom is -0.496 e. The first-order chi connectivity index (χ1) is 5.79. The summed E-state index contributed by atoms with van der Waals surface area (Å²) < 4.78 is 4.97. The summed E-state index contributed by atoms with van der Waals surface area (Å²) in [4.78, 5) is 11.1. The van der Waals surface area contributed by atoms with Gasteiger partial charge in [0.25, 0.3) is 0 Å². The molecule has 0 aromatic heterocycles. The fraction of sp³-hybridized carbons (Fsp3) is 0.100. The van der Waals surface area contributed by atoms with Crippen LogP contribution in [0.4, 0.5) is 0 Å². The van der Waals surface area contributed by atoms with Gasteiger partial charge in [0.05, 0.1) is 12.7 Å². The highest BCUT2D eigenvalue weighted by Crippen LogP contribution is 2.17. The second kappa shape index (κ2) is 3.72. The summed E-state index contributed by atoms with van der Waals surface area (Å²) in [5.41, 5.74) is 0.488. The Balaban J connectivity index is 3.13. The third-order valence-corrected chi connectivity index (χ3v) is 1.52. The highest BCUT2D eigenvalue weighted by Gasteiger charge is 2.06. The summed E-state index contributed by atoms with van der Waals surface area (Å²) in [6.45, 7) is 5.10. The largest absolute Gasteiger partial charge is 0.496 e. The van der Waals surface area contributed by atoms with Gasteiger partial charge in [-0.1, -0.05) is 18.7 Å². The quantitative estimate of drug-likeness (QED) is 0.499. The average molecular weight is 161 g/mol. The summed E-state index contributed by atoms with van der Waals surface area (Å²) in [5, 5.41) is 0. The van der Waals surface area contributed by atoms with E-state index in [2.05, 4.69) is 0 Å². The van der Waals surface area contributed by atoms with Crippen molar-refractivity contribution in [3.8, 4) is 5.75 Å². The van der Waals surface area contributed by atoms with Crippen LogP contribution in [0.1, 0.15) is 10.4 Å². The zero-order valence-corrected chi connectivity index (χ0v) is 6.78. The van der Waals surface area contributed by atoms with E-state index >= 15 is 0 Å². The smallest absolute Gasteiger partial charge is 0.189 e. The van der Waals surface area contributed by atoms with Crippen molar-refractivity contribution in [1.29, 1.82) is 0 Å². The van der Waals surface area contributed by atoms with Crippen molar-refractivity contribution >= 4 is 5.78 Å². The molecule has 0 aliphatic heterocycles. The molecule has 61 valence electrons. The molecule has 1 rings (SSSR count). The van der Waals surface area contributed by atoms with Gasteiger partial charge < -0.3 is 4.74 Å². The molecule has 0 spiro atoms. The predicted octanol–water partition coefficient (Wildman–Crippen LogP) is 1.87. The molecule has 2 heteroatoms. The summed E-state index contributed by atoms with van der Waals surface area (Å²) in [6.07, 6.45) is 1.03. The fourth-order valence-corrected chi connectivity index (χ4v) is 0.938. The third kappa shape index (κ3) is 1.53. The van der Waals surface area contributed by atoms with Crippen LogP contribution >= 0.6 is 0 Å². The number of allylic oxidation sites excluding steroid dienone is 1. The molecule has 0 aliphatic carbocycles. The monoisotopic (exact) mass is 161 g/mol. The molecule has 0 aliphatic rings. The molecular weight excluding hydrogens is 152 g/mol. The lowest BCUT2D eigenvalue weighted by Crippen LogP contribution is -1.97. The Hall–Kier alpha value is -1.57. The molecule has 12 heavy (non-hydrogen) atoms. The molecule has 2 nitrogen and oxygen atoms in total. The van der Waals surface area contributed by atoms with Gasteiger partial charge in [0.2, 0.25) is 0 Å². The molecule has 0 bridgehead atoms. The maximum absolute atomic E-state index is 11.1. The summed E-state index contributed by atoms with van der Waals surface area (Å²) >= 11 is 0. The normalized spacial score (nSPS) is 9.08. The maximum Gasteiger partial charge on any atom is 0.189 e. The number of carbonyl (C=O) groups excluding carboxylic acids is 1. The predicted molar refractivity (Wildman–Crippen MR) is 46.2 cm³/mol. The van der Waals surface area contributed by atoms with E-state index in [4.69, 9.17) is 11.3 Å². The van der Waals surface area contributed by atoms with Crippen LogP contribution in [0.2, 0.25) is 0 Å². The zero-order valence-electron chi connectivity index (χ0n) is 6.78. The Morgan fingerprint density at radius 2 is 2.17 bits per heavy atom. The van der Waals surface area contributed by atoms with E-state index in [1.165, 1.54) is 7.11 Å². The molecule has 1 aromatic rings. The van der Waals surface area contributed by atoms with E-state index in [1.807, 2.05) is 0 Å². The minimum absolute atomic E-state index is 0.229. The number of ketones is 1. The van der Waals surface area contributed by atoms with E-state index in [0.717, 1.165) is 6.08 Å². The van der Waals surface area contributed by atoms with Crippen LogP contribution in [0.25, 0.3) is 0 Å². The number of methoxy groups -OCH3 is 1. The van der Waals surface area contributed by atoms with Crippen molar-refractivity contribution in [3.05, 3.63) is 42.5 Å². The molecule has 0 saturated heterocycles.